The van der Waals surface area contributed by atoms with Gasteiger partial charge in [0, 0.05) is 0 Å². The molecule has 16 heavy (non-hydrogen) atoms. The third-order valence-electron chi connectivity index (χ3n) is 3.92. The van der Waals surface area contributed by atoms with Crippen molar-refractivity contribution in [3.63, 3.8) is 0 Å². The Labute approximate surface area is 96.3 Å². The van der Waals surface area contributed by atoms with Crippen LogP contribution in [0.5, 0.6) is 0 Å². The van der Waals surface area contributed by atoms with Crippen LogP contribution >= 0.6 is 0 Å². The Balaban J connectivity index is 2.04. The van der Waals surface area contributed by atoms with Crippen molar-refractivity contribution in [3.8, 4) is 0 Å². The van der Waals surface area contributed by atoms with Crippen LogP contribution in [0.1, 0.15) is 46.5 Å². The van der Waals surface area contributed by atoms with Gasteiger partial charge < -0.3 is 10.5 Å². The van der Waals surface area contributed by atoms with Crippen molar-refractivity contribution in [1.29, 1.82) is 0 Å². The van der Waals surface area contributed by atoms with Crippen LogP contribution in [0.3, 0.4) is 0 Å². The van der Waals surface area contributed by atoms with Crippen LogP contribution in [0.25, 0.3) is 0 Å². The molecule has 1 aliphatic carbocycles. The van der Waals surface area contributed by atoms with Gasteiger partial charge in [0.25, 0.3) is 11.9 Å². The molecule has 0 bridgehead atoms. The van der Waals surface area contributed by atoms with Crippen molar-refractivity contribution in [2.24, 2.45) is 22.1 Å². The van der Waals surface area contributed by atoms with Crippen LogP contribution in [0, 0.1) is 11.3 Å². The molecular formula is C12H20N2O2. The highest BCUT2D eigenvalue weighted by atomic mass is 16.5. The van der Waals surface area contributed by atoms with Crippen molar-refractivity contribution in [1.82, 2.24) is 0 Å². The normalized spacial score (nSPS) is 35.1. The molecule has 2 aliphatic rings. The summed E-state index contributed by atoms with van der Waals surface area (Å²) in [6.07, 6.45) is 3.52. The van der Waals surface area contributed by atoms with Gasteiger partial charge in [-0.15, -0.1) is 0 Å². The van der Waals surface area contributed by atoms with Gasteiger partial charge in [-0.1, -0.05) is 20.8 Å². The minimum absolute atomic E-state index is 0.0409. The lowest BCUT2D eigenvalue weighted by Crippen LogP contribution is -2.43. The van der Waals surface area contributed by atoms with Gasteiger partial charge in [-0.25, -0.2) is 0 Å². The van der Waals surface area contributed by atoms with Crippen molar-refractivity contribution in [3.05, 3.63) is 0 Å². The van der Waals surface area contributed by atoms with Crippen molar-refractivity contribution in [2.75, 3.05) is 0 Å². The lowest BCUT2D eigenvalue weighted by Gasteiger charge is -2.39. The maximum atomic E-state index is 11.7. The molecule has 1 fully saturated rings. The predicted molar refractivity (Wildman–Crippen MR) is 61.9 cm³/mol. The number of carbonyl (C=O) groups is 1. The Hall–Kier alpha value is -1.06. The predicted octanol–water partition coefficient (Wildman–Crippen LogP) is 1.83. The smallest absolute Gasteiger partial charge is 0.294 e. The van der Waals surface area contributed by atoms with Crippen LogP contribution < -0.4 is 5.73 Å². The van der Waals surface area contributed by atoms with Gasteiger partial charge in [-0.05, 0) is 37.0 Å². The van der Waals surface area contributed by atoms with E-state index in [-0.39, 0.29) is 11.9 Å². The van der Waals surface area contributed by atoms with Crippen molar-refractivity contribution in [2.45, 2.75) is 52.1 Å². The number of ether oxygens (including phenoxy) is 1. The zero-order chi connectivity index (χ0) is 12.0. The van der Waals surface area contributed by atoms with Crippen molar-refractivity contribution >= 4 is 11.9 Å². The average Bonchev–Trinajstić information content (AvgIpc) is 2.41. The maximum absolute atomic E-state index is 11.7. The molecule has 0 unspecified atom stereocenters. The van der Waals surface area contributed by atoms with Gasteiger partial charge in [0.15, 0.2) is 5.60 Å². The number of hydrogen-bond acceptors (Lipinski definition) is 3. The molecule has 2 rings (SSSR count). The molecule has 4 nitrogen and oxygen atoms in total. The number of nitrogens with zero attached hydrogens (tertiary/aromatic N) is 1. The molecule has 1 heterocycles. The number of amides is 1. The summed E-state index contributed by atoms with van der Waals surface area (Å²) < 4.78 is 5.44. The minimum Gasteiger partial charge on any atom is -0.448 e. The number of nitrogens with two attached hydrogens (primary N) is 1. The Morgan fingerprint density at radius 3 is 2.31 bits per heavy atom. The molecule has 1 amide bonds. The molecule has 0 atom stereocenters. The van der Waals surface area contributed by atoms with Gasteiger partial charge in [0.1, 0.15) is 0 Å². The van der Waals surface area contributed by atoms with E-state index in [1.54, 1.807) is 0 Å². The summed E-state index contributed by atoms with van der Waals surface area (Å²) in [6.45, 7) is 6.74. The molecule has 0 aromatic heterocycles. The zero-order valence-corrected chi connectivity index (χ0v) is 10.2. The third-order valence-corrected chi connectivity index (χ3v) is 3.92. The van der Waals surface area contributed by atoms with Crippen LogP contribution in [-0.4, -0.2) is 17.5 Å². The summed E-state index contributed by atoms with van der Waals surface area (Å²) >= 11 is 0. The summed E-state index contributed by atoms with van der Waals surface area (Å²) in [7, 11) is 0. The molecular weight excluding hydrogens is 204 g/mol. The summed E-state index contributed by atoms with van der Waals surface area (Å²) in [5.74, 6) is 0.466. The molecule has 2 N–H and O–H groups in total. The Morgan fingerprint density at radius 2 is 1.94 bits per heavy atom. The first-order valence-electron chi connectivity index (χ1n) is 5.91. The highest BCUT2D eigenvalue weighted by Gasteiger charge is 2.49. The second-order valence-electron chi connectivity index (χ2n) is 5.99. The first-order valence-corrected chi connectivity index (χ1v) is 5.91. The SMILES string of the molecule is CC(C)(C)C1CCC2(CC1)OC(N)=NC2=O. The summed E-state index contributed by atoms with van der Waals surface area (Å²) in [4.78, 5) is 15.4. The van der Waals surface area contributed by atoms with E-state index < -0.39 is 5.60 Å². The fourth-order valence-electron chi connectivity index (χ4n) is 2.73. The number of rotatable bonds is 0. The van der Waals surface area contributed by atoms with Crippen LogP contribution in [0.2, 0.25) is 0 Å². The van der Waals surface area contributed by atoms with Gasteiger partial charge in [-0.2, -0.15) is 4.99 Å². The van der Waals surface area contributed by atoms with E-state index in [0.717, 1.165) is 25.7 Å². The average molecular weight is 224 g/mol. The minimum atomic E-state index is -0.716. The lowest BCUT2D eigenvalue weighted by molar-refractivity contribution is -0.135. The topological polar surface area (TPSA) is 64.7 Å². The van der Waals surface area contributed by atoms with Gasteiger partial charge >= 0.3 is 0 Å². The largest absolute Gasteiger partial charge is 0.448 e. The van der Waals surface area contributed by atoms with E-state index in [4.69, 9.17) is 10.5 Å². The first-order chi connectivity index (χ1) is 7.33. The lowest BCUT2D eigenvalue weighted by atomic mass is 9.68. The van der Waals surface area contributed by atoms with Crippen LogP contribution in [0.15, 0.2) is 4.99 Å². The number of hydrogen-bond donors (Lipinski definition) is 1. The fourth-order valence-corrected chi connectivity index (χ4v) is 2.73. The molecule has 0 saturated heterocycles. The van der Waals surface area contributed by atoms with E-state index in [9.17, 15) is 4.79 Å². The molecule has 0 aromatic carbocycles. The maximum Gasteiger partial charge on any atom is 0.294 e. The summed E-state index contributed by atoms with van der Waals surface area (Å²) in [5.41, 5.74) is 5.04. The second-order valence-corrected chi connectivity index (χ2v) is 5.99. The quantitative estimate of drug-likeness (QED) is 0.682. The summed E-state index contributed by atoms with van der Waals surface area (Å²) in [6, 6.07) is 0.0409. The zero-order valence-electron chi connectivity index (χ0n) is 10.2. The van der Waals surface area contributed by atoms with E-state index in [1.165, 1.54) is 0 Å². The Kier molecular flexibility index (Phi) is 2.48. The number of amidine groups is 1. The Bertz CT molecular complexity index is 333. The monoisotopic (exact) mass is 224 g/mol. The fraction of sp³-hybridized carbons (Fsp3) is 0.833. The van der Waals surface area contributed by atoms with Gasteiger partial charge in [0.05, 0.1) is 0 Å². The van der Waals surface area contributed by atoms with E-state index in [1.807, 2.05) is 0 Å². The molecule has 0 radical (unpaired) electrons. The molecule has 1 spiro atoms. The number of carbonyl (C=O) groups excluding carboxylic acids is 1. The van der Waals surface area contributed by atoms with Crippen LogP contribution in [0.4, 0.5) is 0 Å². The molecule has 90 valence electrons. The molecule has 4 heteroatoms. The Morgan fingerprint density at radius 1 is 1.38 bits per heavy atom. The van der Waals surface area contributed by atoms with Gasteiger partial charge in [0.2, 0.25) is 0 Å². The van der Waals surface area contributed by atoms with E-state index in [2.05, 4.69) is 25.8 Å². The summed E-state index contributed by atoms with van der Waals surface area (Å²) in [5, 5.41) is 0. The van der Waals surface area contributed by atoms with Gasteiger partial charge in [-0.3, -0.25) is 4.79 Å². The standard InChI is InChI=1S/C12H20N2O2/c1-11(2,3)8-4-6-12(7-5-8)9(15)14-10(13)16-12/h8H,4-7H2,1-3H3,(H2,13,14,15). The second kappa shape index (κ2) is 3.47. The third kappa shape index (κ3) is 1.81. The highest BCUT2D eigenvalue weighted by molar-refractivity contribution is 6.00. The molecule has 1 aliphatic heterocycles. The van der Waals surface area contributed by atoms with Crippen LogP contribution in [-0.2, 0) is 9.53 Å². The highest BCUT2D eigenvalue weighted by Crippen LogP contribution is 2.44. The molecule has 0 aromatic rings. The van der Waals surface area contributed by atoms with E-state index in [0.29, 0.717) is 11.3 Å². The first kappa shape index (κ1) is 11.4. The van der Waals surface area contributed by atoms with Crippen molar-refractivity contribution < 1.29 is 9.53 Å². The molecule has 1 saturated carbocycles. The number of aliphatic imine (C=N–C) groups is 1. The van der Waals surface area contributed by atoms with E-state index >= 15 is 0 Å².